The third-order valence-electron chi connectivity index (χ3n) is 2.13. The summed E-state index contributed by atoms with van der Waals surface area (Å²) in [5.74, 6) is -1.01. The molecule has 0 spiro atoms. The number of rotatable bonds is 3. The largest absolute Gasteiger partial charge is 0.477 e. The van der Waals surface area contributed by atoms with Crippen LogP contribution >= 0.6 is 34.7 Å². The normalized spacial score (nSPS) is 10.2. The van der Waals surface area contributed by atoms with Crippen molar-refractivity contribution >= 4 is 40.7 Å². The van der Waals surface area contributed by atoms with E-state index in [1.54, 1.807) is 6.92 Å². The zero-order valence-corrected chi connectivity index (χ0v) is 11.9. The predicted octanol–water partition coefficient (Wildman–Crippen LogP) is 3.22. The van der Waals surface area contributed by atoms with E-state index in [0.717, 1.165) is 23.1 Å². The van der Waals surface area contributed by atoms with Gasteiger partial charge in [-0.3, -0.25) is 0 Å². The van der Waals surface area contributed by atoms with Gasteiger partial charge in [0.2, 0.25) is 0 Å². The molecule has 2 aromatic heterocycles. The molecule has 2 rings (SSSR count). The highest BCUT2D eigenvalue weighted by Gasteiger charge is 2.17. The summed E-state index contributed by atoms with van der Waals surface area (Å²) in [5.41, 5.74) is 0.776. The van der Waals surface area contributed by atoms with Crippen LogP contribution in [0.25, 0.3) is 0 Å². The number of aromatic carboxylic acids is 1. The van der Waals surface area contributed by atoms with Crippen molar-refractivity contribution in [3.63, 3.8) is 0 Å². The molecule has 0 atom stereocenters. The Bertz CT molecular complexity index is 694. The van der Waals surface area contributed by atoms with Gasteiger partial charge in [0.15, 0.2) is 4.34 Å². The minimum atomic E-state index is -1.01. The summed E-state index contributed by atoms with van der Waals surface area (Å²) in [6, 6.07) is 3.48. The predicted molar refractivity (Wildman–Crippen MR) is 71.9 cm³/mol. The maximum atomic E-state index is 10.9. The van der Waals surface area contributed by atoms with Crippen LogP contribution in [-0.4, -0.2) is 21.0 Å². The van der Waals surface area contributed by atoms with E-state index < -0.39 is 5.97 Å². The molecular formula is C11H6ClN3O2S2. The fraction of sp³-hybridized carbons (Fsp3) is 0.0909. The third-order valence-corrected chi connectivity index (χ3v) is 4.84. The lowest BCUT2D eigenvalue weighted by Crippen LogP contribution is -1.94. The summed E-state index contributed by atoms with van der Waals surface area (Å²) in [6.07, 6.45) is 1.48. The zero-order valence-electron chi connectivity index (χ0n) is 9.55. The maximum absolute atomic E-state index is 10.9. The molecular weight excluding hydrogens is 306 g/mol. The highest BCUT2D eigenvalue weighted by molar-refractivity contribution is 8.01. The van der Waals surface area contributed by atoms with Crippen LogP contribution < -0.4 is 0 Å². The molecule has 0 unspecified atom stereocenters. The molecule has 0 bridgehead atoms. The molecule has 5 nitrogen and oxygen atoms in total. The molecule has 2 heterocycles. The van der Waals surface area contributed by atoms with Gasteiger partial charge in [-0.25, -0.2) is 14.8 Å². The Morgan fingerprint density at radius 1 is 1.63 bits per heavy atom. The van der Waals surface area contributed by atoms with Crippen LogP contribution in [0.1, 0.15) is 20.9 Å². The average Bonchev–Trinajstić information content (AvgIpc) is 2.73. The Morgan fingerprint density at radius 3 is 2.95 bits per heavy atom. The van der Waals surface area contributed by atoms with Gasteiger partial charge in [-0.15, -0.1) is 0 Å². The summed E-state index contributed by atoms with van der Waals surface area (Å²) >= 11 is 8.22. The van der Waals surface area contributed by atoms with Crippen molar-refractivity contribution in [3.8, 4) is 6.07 Å². The highest BCUT2D eigenvalue weighted by Crippen LogP contribution is 2.36. The van der Waals surface area contributed by atoms with Crippen molar-refractivity contribution in [2.45, 2.75) is 16.3 Å². The van der Waals surface area contributed by atoms with Crippen LogP contribution in [0.2, 0.25) is 5.02 Å². The topological polar surface area (TPSA) is 86.9 Å². The first-order valence-electron chi connectivity index (χ1n) is 4.96. The second-order valence-electron chi connectivity index (χ2n) is 3.39. The Hall–Kier alpha value is -1.62. The Labute approximate surface area is 121 Å². The molecule has 2 aromatic rings. The van der Waals surface area contributed by atoms with Gasteiger partial charge in [-0.1, -0.05) is 22.9 Å². The van der Waals surface area contributed by atoms with Gasteiger partial charge < -0.3 is 5.11 Å². The van der Waals surface area contributed by atoms with E-state index in [0.29, 0.717) is 20.6 Å². The molecule has 8 heteroatoms. The van der Waals surface area contributed by atoms with Gasteiger partial charge in [-0.2, -0.15) is 5.26 Å². The number of hydrogen-bond acceptors (Lipinski definition) is 6. The molecule has 1 N–H and O–H groups in total. The maximum Gasteiger partial charge on any atom is 0.347 e. The monoisotopic (exact) mass is 311 g/mol. The van der Waals surface area contributed by atoms with Crippen molar-refractivity contribution in [1.82, 2.24) is 9.97 Å². The minimum absolute atomic E-state index is 0.190. The molecule has 0 fully saturated rings. The Balaban J connectivity index is 2.35. The number of aromatic nitrogens is 2. The van der Waals surface area contributed by atoms with Gasteiger partial charge >= 0.3 is 5.97 Å². The van der Waals surface area contributed by atoms with Crippen LogP contribution in [0.3, 0.4) is 0 Å². The first-order valence-corrected chi connectivity index (χ1v) is 6.97. The smallest absolute Gasteiger partial charge is 0.347 e. The second-order valence-corrected chi connectivity index (χ2v) is 6.00. The van der Waals surface area contributed by atoms with Crippen molar-refractivity contribution in [2.24, 2.45) is 0 Å². The Morgan fingerprint density at radius 2 is 2.37 bits per heavy atom. The number of carbonyl (C=O) groups is 1. The van der Waals surface area contributed by atoms with Crippen molar-refractivity contribution in [1.29, 1.82) is 5.26 Å². The van der Waals surface area contributed by atoms with Crippen LogP contribution in [-0.2, 0) is 0 Å². The van der Waals surface area contributed by atoms with Gasteiger partial charge in [0.25, 0.3) is 0 Å². The lowest BCUT2D eigenvalue weighted by Gasteiger charge is -2.00. The number of thiazole rings is 1. The number of hydrogen-bond donors (Lipinski definition) is 1. The number of aryl methyl sites for hydroxylation is 1. The van der Waals surface area contributed by atoms with Crippen molar-refractivity contribution < 1.29 is 9.90 Å². The molecule has 19 heavy (non-hydrogen) atoms. The molecule has 0 aliphatic carbocycles. The minimum Gasteiger partial charge on any atom is -0.477 e. The summed E-state index contributed by atoms with van der Waals surface area (Å²) in [4.78, 5) is 19.3. The van der Waals surface area contributed by atoms with E-state index in [-0.39, 0.29) is 9.90 Å². The molecule has 0 amide bonds. The number of halogens is 1. The molecule has 0 saturated carbocycles. The van der Waals surface area contributed by atoms with E-state index in [1.807, 2.05) is 6.07 Å². The molecule has 0 aromatic carbocycles. The van der Waals surface area contributed by atoms with Gasteiger partial charge in [0, 0.05) is 6.20 Å². The highest BCUT2D eigenvalue weighted by atomic mass is 35.5. The zero-order chi connectivity index (χ0) is 14.0. The van der Waals surface area contributed by atoms with Gasteiger partial charge in [0.1, 0.15) is 16.0 Å². The molecule has 0 aliphatic heterocycles. The van der Waals surface area contributed by atoms with Crippen molar-refractivity contribution in [2.75, 3.05) is 0 Å². The fourth-order valence-electron chi connectivity index (χ4n) is 1.28. The van der Waals surface area contributed by atoms with Crippen LogP contribution in [0.4, 0.5) is 0 Å². The standard InChI is InChI=1S/C11H6ClN3O2S2/c1-5-8(10(16)17)18-11(15-5)19-9-7(12)6(4-13)2-3-14-9/h2-3H,1H3,(H,16,17). The van der Waals surface area contributed by atoms with Crippen LogP contribution in [0.15, 0.2) is 21.6 Å². The third kappa shape index (κ3) is 2.87. The van der Waals surface area contributed by atoms with Crippen LogP contribution in [0, 0.1) is 18.3 Å². The van der Waals surface area contributed by atoms with E-state index in [2.05, 4.69) is 9.97 Å². The van der Waals surface area contributed by atoms with E-state index >= 15 is 0 Å². The molecule has 0 radical (unpaired) electrons. The molecule has 96 valence electrons. The average molecular weight is 312 g/mol. The van der Waals surface area contributed by atoms with E-state index in [9.17, 15) is 4.79 Å². The lowest BCUT2D eigenvalue weighted by atomic mass is 10.3. The van der Waals surface area contributed by atoms with E-state index in [4.69, 9.17) is 22.0 Å². The first kappa shape index (κ1) is 13.8. The number of nitrogens with zero attached hydrogens (tertiary/aromatic N) is 3. The van der Waals surface area contributed by atoms with Gasteiger partial charge in [-0.05, 0) is 24.8 Å². The summed E-state index contributed by atoms with van der Waals surface area (Å²) in [5, 5.41) is 18.5. The van der Waals surface area contributed by atoms with Crippen LogP contribution in [0.5, 0.6) is 0 Å². The first-order chi connectivity index (χ1) is 9.02. The number of carboxylic acid groups (broad SMARTS) is 1. The van der Waals surface area contributed by atoms with E-state index in [1.165, 1.54) is 12.3 Å². The number of nitriles is 1. The van der Waals surface area contributed by atoms with Gasteiger partial charge in [0.05, 0.1) is 16.3 Å². The Kier molecular flexibility index (Phi) is 4.04. The van der Waals surface area contributed by atoms with Crippen molar-refractivity contribution in [3.05, 3.63) is 33.4 Å². The SMILES string of the molecule is Cc1nc(Sc2nccc(C#N)c2Cl)sc1C(=O)O. The quantitative estimate of drug-likeness (QED) is 0.936. The second kappa shape index (κ2) is 5.57. The summed E-state index contributed by atoms with van der Waals surface area (Å²) in [7, 11) is 0. The fourth-order valence-corrected chi connectivity index (χ4v) is 3.50. The number of carboxylic acids is 1. The molecule has 0 saturated heterocycles. The summed E-state index contributed by atoms with van der Waals surface area (Å²) < 4.78 is 0.527. The summed E-state index contributed by atoms with van der Waals surface area (Å²) in [6.45, 7) is 1.63. The lowest BCUT2D eigenvalue weighted by molar-refractivity contribution is 0.0701. The number of pyridine rings is 1. The molecule has 0 aliphatic rings.